The van der Waals surface area contributed by atoms with Crippen molar-refractivity contribution in [1.29, 1.82) is 0 Å². The van der Waals surface area contributed by atoms with Gasteiger partial charge in [-0.25, -0.2) is 0 Å². The standard InChI is InChI=1S/C28H30F3NO4S/c1-17(4-9-23-10-11-24(37-23)27(35)32-13-12-25(33)34)16-36-22-14-18(2)26(19(3)15-22)20-5-7-21(8-6-20)28(29,30)31/h5-8,10-11,14-15,17H,4,9,12-13,16H2,1-3H3,(H,32,35)(H,33,34). The van der Waals surface area contributed by atoms with Crippen LogP contribution in [0.2, 0.25) is 0 Å². The molecule has 9 heteroatoms. The second-order valence-electron chi connectivity index (χ2n) is 9.13. The van der Waals surface area contributed by atoms with Crippen LogP contribution in [0, 0.1) is 19.8 Å². The number of benzene rings is 2. The lowest BCUT2D eigenvalue weighted by Gasteiger charge is -2.17. The van der Waals surface area contributed by atoms with E-state index in [2.05, 4.69) is 12.2 Å². The average Bonchev–Trinajstić information content (AvgIpc) is 3.30. The van der Waals surface area contributed by atoms with Crippen LogP contribution in [0.25, 0.3) is 11.1 Å². The van der Waals surface area contributed by atoms with Crippen molar-refractivity contribution in [3.05, 3.63) is 75.0 Å². The number of carboxylic acids is 1. The van der Waals surface area contributed by atoms with E-state index in [1.165, 1.54) is 23.5 Å². The summed E-state index contributed by atoms with van der Waals surface area (Å²) >= 11 is 1.40. The molecule has 2 aromatic carbocycles. The number of rotatable bonds is 11. The molecule has 0 spiro atoms. The fraction of sp³-hybridized carbons (Fsp3) is 0.357. The molecule has 1 atom stereocenters. The van der Waals surface area contributed by atoms with Gasteiger partial charge in [0.05, 0.1) is 23.5 Å². The summed E-state index contributed by atoms with van der Waals surface area (Å²) in [6.07, 6.45) is -2.82. The quantitative estimate of drug-likeness (QED) is 0.281. The molecule has 0 aliphatic carbocycles. The van der Waals surface area contributed by atoms with Crippen molar-refractivity contribution in [2.24, 2.45) is 5.92 Å². The van der Waals surface area contributed by atoms with E-state index < -0.39 is 17.7 Å². The minimum atomic E-state index is -4.36. The van der Waals surface area contributed by atoms with Gasteiger partial charge in [-0.1, -0.05) is 19.1 Å². The third-order valence-corrected chi connectivity index (χ3v) is 7.08. The van der Waals surface area contributed by atoms with Gasteiger partial charge >= 0.3 is 12.1 Å². The number of aliphatic carboxylic acids is 1. The van der Waals surface area contributed by atoms with E-state index >= 15 is 0 Å². The minimum absolute atomic E-state index is 0.0973. The number of halogens is 3. The zero-order valence-electron chi connectivity index (χ0n) is 20.9. The lowest BCUT2D eigenvalue weighted by molar-refractivity contribution is -0.138. The molecule has 0 bridgehead atoms. The molecule has 1 unspecified atom stereocenters. The number of hydrogen-bond donors (Lipinski definition) is 2. The van der Waals surface area contributed by atoms with E-state index in [9.17, 15) is 22.8 Å². The summed E-state index contributed by atoms with van der Waals surface area (Å²) in [5.74, 6) is -0.248. The van der Waals surface area contributed by atoms with Gasteiger partial charge in [-0.3, -0.25) is 9.59 Å². The SMILES string of the molecule is Cc1cc(OCC(C)CCc2ccc(C(=O)NCCC(=O)O)s2)cc(C)c1-c1ccc(C(F)(F)F)cc1. The normalized spacial score (nSPS) is 12.3. The summed E-state index contributed by atoms with van der Waals surface area (Å²) in [5.41, 5.74) is 2.81. The Balaban J connectivity index is 1.52. The highest BCUT2D eigenvalue weighted by molar-refractivity contribution is 7.14. The second-order valence-corrected chi connectivity index (χ2v) is 10.3. The van der Waals surface area contributed by atoms with Crippen molar-refractivity contribution in [1.82, 2.24) is 5.32 Å². The Kier molecular flexibility index (Phi) is 9.37. The van der Waals surface area contributed by atoms with Crippen molar-refractivity contribution in [3.63, 3.8) is 0 Å². The molecular weight excluding hydrogens is 503 g/mol. The summed E-state index contributed by atoms with van der Waals surface area (Å²) in [7, 11) is 0. The van der Waals surface area contributed by atoms with Gasteiger partial charge in [0.2, 0.25) is 0 Å². The van der Waals surface area contributed by atoms with E-state index in [4.69, 9.17) is 9.84 Å². The van der Waals surface area contributed by atoms with Gasteiger partial charge in [-0.2, -0.15) is 13.2 Å². The van der Waals surface area contributed by atoms with Crippen molar-refractivity contribution >= 4 is 23.2 Å². The smallest absolute Gasteiger partial charge is 0.416 e. The lowest BCUT2D eigenvalue weighted by Crippen LogP contribution is -2.25. The molecule has 0 saturated carbocycles. The number of aryl methyl sites for hydroxylation is 3. The predicted molar refractivity (Wildman–Crippen MR) is 138 cm³/mol. The number of carboxylic acid groups (broad SMARTS) is 1. The van der Waals surface area contributed by atoms with Gasteiger partial charge < -0.3 is 15.2 Å². The highest BCUT2D eigenvalue weighted by Crippen LogP contribution is 2.34. The third-order valence-electron chi connectivity index (χ3n) is 5.94. The van der Waals surface area contributed by atoms with Crippen molar-refractivity contribution < 1.29 is 32.6 Å². The number of ether oxygens (including phenoxy) is 1. The molecule has 198 valence electrons. The highest BCUT2D eigenvalue weighted by atomic mass is 32.1. The maximum Gasteiger partial charge on any atom is 0.416 e. The van der Waals surface area contributed by atoms with Crippen LogP contribution < -0.4 is 10.1 Å². The number of alkyl halides is 3. The summed E-state index contributed by atoms with van der Waals surface area (Å²) in [5, 5.41) is 11.3. The zero-order chi connectivity index (χ0) is 27.2. The summed E-state index contributed by atoms with van der Waals surface area (Å²) < 4.78 is 44.7. The average molecular weight is 534 g/mol. The van der Waals surface area contributed by atoms with Crippen LogP contribution in [0.5, 0.6) is 5.75 Å². The van der Waals surface area contributed by atoms with Gasteiger partial charge in [0.15, 0.2) is 0 Å². The largest absolute Gasteiger partial charge is 0.493 e. The summed E-state index contributed by atoms with van der Waals surface area (Å²) in [6, 6.07) is 12.7. The maximum atomic E-state index is 12.9. The third kappa shape index (κ3) is 8.08. The van der Waals surface area contributed by atoms with E-state index in [0.717, 1.165) is 52.1 Å². The Morgan fingerprint density at radius 2 is 1.70 bits per heavy atom. The first-order valence-corrected chi connectivity index (χ1v) is 12.8. The van der Waals surface area contributed by atoms with Gasteiger partial charge in [0.25, 0.3) is 5.91 Å². The van der Waals surface area contributed by atoms with Crippen LogP contribution in [-0.4, -0.2) is 30.1 Å². The summed E-state index contributed by atoms with van der Waals surface area (Å²) in [4.78, 5) is 24.3. The Hall–Kier alpha value is -3.33. The van der Waals surface area contributed by atoms with Crippen LogP contribution in [0.4, 0.5) is 13.2 Å². The molecule has 1 heterocycles. The Bertz CT molecular complexity index is 1210. The number of carbonyl (C=O) groups is 2. The number of amides is 1. The van der Waals surface area contributed by atoms with E-state index in [0.29, 0.717) is 17.2 Å². The zero-order valence-corrected chi connectivity index (χ0v) is 21.8. The van der Waals surface area contributed by atoms with Gasteiger partial charge in [0.1, 0.15) is 5.75 Å². The topological polar surface area (TPSA) is 75.6 Å². The van der Waals surface area contributed by atoms with E-state index in [1.807, 2.05) is 32.0 Å². The fourth-order valence-electron chi connectivity index (χ4n) is 4.00. The fourth-order valence-corrected chi connectivity index (χ4v) is 4.94. The van der Waals surface area contributed by atoms with Crippen LogP contribution in [0.15, 0.2) is 48.5 Å². The molecule has 0 aliphatic heterocycles. The van der Waals surface area contributed by atoms with E-state index in [-0.39, 0.29) is 24.8 Å². The van der Waals surface area contributed by atoms with Crippen molar-refractivity contribution in [2.75, 3.05) is 13.2 Å². The van der Waals surface area contributed by atoms with Crippen LogP contribution in [-0.2, 0) is 17.4 Å². The van der Waals surface area contributed by atoms with Crippen molar-refractivity contribution in [3.8, 4) is 16.9 Å². The van der Waals surface area contributed by atoms with Gasteiger partial charge in [-0.15, -0.1) is 11.3 Å². The molecule has 37 heavy (non-hydrogen) atoms. The molecule has 5 nitrogen and oxygen atoms in total. The number of carbonyl (C=O) groups excluding carboxylic acids is 1. The molecule has 3 rings (SSSR count). The van der Waals surface area contributed by atoms with E-state index in [1.54, 1.807) is 6.07 Å². The maximum absolute atomic E-state index is 12.9. The van der Waals surface area contributed by atoms with Gasteiger partial charge in [-0.05, 0) is 91.3 Å². The summed E-state index contributed by atoms with van der Waals surface area (Å²) in [6.45, 7) is 6.53. The lowest BCUT2D eigenvalue weighted by atomic mass is 9.94. The minimum Gasteiger partial charge on any atom is -0.493 e. The Morgan fingerprint density at radius 3 is 2.30 bits per heavy atom. The number of thiophene rings is 1. The number of hydrogen-bond acceptors (Lipinski definition) is 4. The highest BCUT2D eigenvalue weighted by Gasteiger charge is 2.30. The first kappa shape index (κ1) is 28.2. The molecule has 2 N–H and O–H groups in total. The number of nitrogens with one attached hydrogen (secondary N) is 1. The van der Waals surface area contributed by atoms with Gasteiger partial charge in [0, 0.05) is 11.4 Å². The van der Waals surface area contributed by atoms with Crippen LogP contribution in [0.1, 0.15) is 51.0 Å². The molecular formula is C28H30F3NO4S. The monoisotopic (exact) mass is 533 g/mol. The van der Waals surface area contributed by atoms with Crippen LogP contribution in [0.3, 0.4) is 0 Å². The molecule has 0 radical (unpaired) electrons. The second kappa shape index (κ2) is 12.3. The predicted octanol–water partition coefficient (Wildman–Crippen LogP) is 6.90. The molecule has 1 aromatic heterocycles. The molecule has 0 fully saturated rings. The molecule has 0 aliphatic rings. The van der Waals surface area contributed by atoms with Crippen molar-refractivity contribution in [2.45, 2.75) is 46.2 Å². The Labute approximate surface area is 218 Å². The first-order valence-electron chi connectivity index (χ1n) is 11.9. The first-order chi connectivity index (χ1) is 17.4. The molecule has 0 saturated heterocycles. The Morgan fingerprint density at radius 1 is 1.05 bits per heavy atom. The molecule has 3 aromatic rings. The molecule has 1 amide bonds. The van der Waals surface area contributed by atoms with Crippen LogP contribution >= 0.6 is 11.3 Å².